The predicted octanol–water partition coefficient (Wildman–Crippen LogP) is 2.31. The Morgan fingerprint density at radius 2 is 1.46 bits per heavy atom. The summed E-state index contributed by atoms with van der Waals surface area (Å²) in [5, 5.41) is 18.6. The molecule has 0 aliphatic heterocycles. The summed E-state index contributed by atoms with van der Waals surface area (Å²) in [7, 11) is -1.20. The minimum atomic E-state index is -1.20. The molecule has 0 bridgehead atoms. The van der Waals surface area contributed by atoms with Gasteiger partial charge < -0.3 is 10.0 Å². The monoisotopic (exact) mass is 186 g/mol. The lowest BCUT2D eigenvalue weighted by atomic mass is 9.46. The van der Waals surface area contributed by atoms with Crippen LogP contribution in [-0.2, 0) is 0 Å². The Hall–Kier alpha value is -0.0151. The summed E-state index contributed by atoms with van der Waals surface area (Å²) in [6.07, 6.45) is 1.87. The fourth-order valence-electron chi connectivity index (χ4n) is 2.40. The Labute approximate surface area is 82.5 Å². The lowest BCUT2D eigenvalue weighted by Crippen LogP contribution is -2.41. The van der Waals surface area contributed by atoms with Crippen molar-refractivity contribution >= 4 is 7.12 Å². The van der Waals surface area contributed by atoms with Gasteiger partial charge in [-0.1, -0.05) is 41.0 Å². The molecule has 0 aliphatic rings. The summed E-state index contributed by atoms with van der Waals surface area (Å²) >= 11 is 0. The molecule has 0 saturated heterocycles. The van der Waals surface area contributed by atoms with Crippen molar-refractivity contribution in [2.75, 3.05) is 0 Å². The summed E-state index contributed by atoms with van der Waals surface area (Å²) < 4.78 is 0. The quantitative estimate of drug-likeness (QED) is 0.646. The van der Waals surface area contributed by atoms with Crippen LogP contribution >= 0.6 is 0 Å². The van der Waals surface area contributed by atoms with Crippen LogP contribution in [0.25, 0.3) is 0 Å². The van der Waals surface area contributed by atoms with Gasteiger partial charge in [-0.2, -0.15) is 0 Å². The fourth-order valence-corrected chi connectivity index (χ4v) is 2.40. The van der Waals surface area contributed by atoms with E-state index in [1.807, 2.05) is 0 Å². The molecule has 0 rings (SSSR count). The fraction of sp³-hybridized carbons (Fsp3) is 1.00. The Bertz CT molecular complexity index is 122. The van der Waals surface area contributed by atoms with Crippen LogP contribution in [0.2, 0.25) is 5.31 Å². The van der Waals surface area contributed by atoms with Crippen LogP contribution in [0, 0.1) is 11.8 Å². The summed E-state index contributed by atoms with van der Waals surface area (Å²) in [5.74, 6) is 0.597. The number of hydrogen-bond donors (Lipinski definition) is 2. The smallest absolute Gasteiger partial charge is 0.427 e. The lowest BCUT2D eigenvalue weighted by molar-refractivity contribution is 0.210. The van der Waals surface area contributed by atoms with Crippen molar-refractivity contribution in [3.8, 4) is 0 Å². The molecule has 0 amide bonds. The zero-order chi connectivity index (χ0) is 10.6. The zero-order valence-electron chi connectivity index (χ0n) is 9.54. The van der Waals surface area contributed by atoms with Crippen molar-refractivity contribution in [3.63, 3.8) is 0 Å². The first-order valence-corrected chi connectivity index (χ1v) is 5.25. The zero-order valence-corrected chi connectivity index (χ0v) is 9.54. The molecule has 0 aromatic heterocycles. The average Bonchev–Trinajstić information content (AvgIpc) is 1.97. The highest BCUT2D eigenvalue weighted by atomic mass is 16.4. The first kappa shape index (κ1) is 13.0. The Balaban J connectivity index is 4.82. The minimum Gasteiger partial charge on any atom is -0.427 e. The van der Waals surface area contributed by atoms with E-state index in [-0.39, 0.29) is 5.31 Å². The molecule has 2 nitrogen and oxygen atoms in total. The summed E-state index contributed by atoms with van der Waals surface area (Å²) in [6, 6.07) is 0. The summed E-state index contributed by atoms with van der Waals surface area (Å²) in [4.78, 5) is 0. The molecule has 0 heterocycles. The van der Waals surface area contributed by atoms with Crippen LogP contribution in [0.5, 0.6) is 0 Å². The second-order valence-corrected chi connectivity index (χ2v) is 4.55. The second kappa shape index (κ2) is 5.01. The Kier molecular flexibility index (Phi) is 5.01. The SMILES string of the molecule is CCCC(B(O)O)(C(C)C)C(C)C. The van der Waals surface area contributed by atoms with Crippen LogP contribution < -0.4 is 0 Å². The van der Waals surface area contributed by atoms with Gasteiger partial charge in [0.1, 0.15) is 0 Å². The molecule has 0 aromatic rings. The van der Waals surface area contributed by atoms with Gasteiger partial charge >= 0.3 is 7.12 Å². The van der Waals surface area contributed by atoms with Crippen molar-refractivity contribution in [2.24, 2.45) is 11.8 Å². The highest BCUT2D eigenvalue weighted by Crippen LogP contribution is 2.48. The van der Waals surface area contributed by atoms with Crippen molar-refractivity contribution in [3.05, 3.63) is 0 Å². The Morgan fingerprint density at radius 3 is 1.54 bits per heavy atom. The van der Waals surface area contributed by atoms with Gasteiger partial charge in [0.05, 0.1) is 0 Å². The van der Waals surface area contributed by atoms with Gasteiger partial charge in [0.2, 0.25) is 0 Å². The van der Waals surface area contributed by atoms with Crippen LogP contribution in [0.15, 0.2) is 0 Å². The van der Waals surface area contributed by atoms with E-state index >= 15 is 0 Å². The van der Waals surface area contributed by atoms with E-state index in [0.717, 1.165) is 12.8 Å². The lowest BCUT2D eigenvalue weighted by Gasteiger charge is -2.40. The summed E-state index contributed by atoms with van der Waals surface area (Å²) in [5.41, 5.74) is 0. The topological polar surface area (TPSA) is 40.5 Å². The molecule has 0 saturated carbocycles. The van der Waals surface area contributed by atoms with Crippen LogP contribution in [0.1, 0.15) is 47.5 Å². The van der Waals surface area contributed by atoms with E-state index in [0.29, 0.717) is 11.8 Å². The van der Waals surface area contributed by atoms with Gasteiger partial charge in [-0.15, -0.1) is 0 Å². The molecule has 0 fully saturated rings. The largest absolute Gasteiger partial charge is 0.458 e. The van der Waals surface area contributed by atoms with Crippen molar-refractivity contribution < 1.29 is 10.0 Å². The normalized spacial score (nSPS) is 12.7. The van der Waals surface area contributed by atoms with E-state index in [4.69, 9.17) is 0 Å². The maximum absolute atomic E-state index is 9.49. The second-order valence-electron chi connectivity index (χ2n) is 4.55. The van der Waals surface area contributed by atoms with Crippen molar-refractivity contribution in [2.45, 2.75) is 52.8 Å². The molecular formula is C10H23BO2. The van der Waals surface area contributed by atoms with Gasteiger partial charge in [0.25, 0.3) is 0 Å². The molecule has 0 radical (unpaired) electrons. The van der Waals surface area contributed by atoms with Crippen LogP contribution in [0.3, 0.4) is 0 Å². The highest BCUT2D eigenvalue weighted by molar-refractivity contribution is 6.45. The first-order valence-electron chi connectivity index (χ1n) is 5.25. The van der Waals surface area contributed by atoms with E-state index in [9.17, 15) is 10.0 Å². The van der Waals surface area contributed by atoms with Crippen LogP contribution in [0.4, 0.5) is 0 Å². The summed E-state index contributed by atoms with van der Waals surface area (Å²) in [6.45, 7) is 10.3. The molecule has 3 heteroatoms. The predicted molar refractivity (Wildman–Crippen MR) is 57.5 cm³/mol. The van der Waals surface area contributed by atoms with E-state index in [1.165, 1.54) is 0 Å². The average molecular weight is 186 g/mol. The number of hydrogen-bond acceptors (Lipinski definition) is 2. The third kappa shape index (κ3) is 2.47. The minimum absolute atomic E-state index is 0.299. The van der Waals surface area contributed by atoms with E-state index < -0.39 is 7.12 Å². The van der Waals surface area contributed by atoms with Gasteiger partial charge in [-0.3, -0.25) is 0 Å². The molecule has 0 aliphatic carbocycles. The molecule has 0 unspecified atom stereocenters. The third-order valence-corrected chi connectivity index (χ3v) is 3.31. The molecule has 0 spiro atoms. The van der Waals surface area contributed by atoms with E-state index in [2.05, 4.69) is 34.6 Å². The maximum atomic E-state index is 9.49. The highest BCUT2D eigenvalue weighted by Gasteiger charge is 2.46. The van der Waals surface area contributed by atoms with Gasteiger partial charge in [-0.25, -0.2) is 0 Å². The van der Waals surface area contributed by atoms with Gasteiger partial charge in [0, 0.05) is 5.31 Å². The van der Waals surface area contributed by atoms with Crippen molar-refractivity contribution in [1.82, 2.24) is 0 Å². The third-order valence-electron chi connectivity index (χ3n) is 3.31. The van der Waals surface area contributed by atoms with Gasteiger partial charge in [-0.05, 0) is 18.3 Å². The molecular weight excluding hydrogens is 163 g/mol. The van der Waals surface area contributed by atoms with Crippen molar-refractivity contribution in [1.29, 1.82) is 0 Å². The Morgan fingerprint density at radius 1 is 1.08 bits per heavy atom. The maximum Gasteiger partial charge on any atom is 0.458 e. The molecule has 2 N–H and O–H groups in total. The molecule has 0 aromatic carbocycles. The molecule has 78 valence electrons. The first-order chi connectivity index (χ1) is 5.89. The standard InChI is InChI=1S/C10H23BO2/c1-6-7-10(8(2)3,9(4)5)11(12)13/h8-9,12-13H,6-7H2,1-5H3. The molecule has 13 heavy (non-hydrogen) atoms. The van der Waals surface area contributed by atoms with E-state index in [1.54, 1.807) is 0 Å². The number of rotatable bonds is 5. The van der Waals surface area contributed by atoms with Crippen LogP contribution in [-0.4, -0.2) is 17.2 Å². The van der Waals surface area contributed by atoms with Gasteiger partial charge in [0.15, 0.2) is 0 Å². The molecule has 0 atom stereocenters.